The maximum absolute atomic E-state index is 11.5. The second-order valence-electron chi connectivity index (χ2n) is 4.56. The van der Waals surface area contributed by atoms with Crippen LogP contribution in [-0.4, -0.2) is 22.8 Å². The molecule has 0 spiro atoms. The molecule has 5 nitrogen and oxygen atoms in total. The summed E-state index contributed by atoms with van der Waals surface area (Å²) in [6.45, 7) is 6.38. The Morgan fingerprint density at radius 2 is 2.30 bits per heavy atom. The fourth-order valence-electron chi connectivity index (χ4n) is 2.45. The van der Waals surface area contributed by atoms with E-state index in [2.05, 4.69) is 11.1 Å². The molecule has 1 aromatic carbocycles. The van der Waals surface area contributed by atoms with Crippen LogP contribution in [-0.2, 0) is 17.8 Å². The molecule has 0 aliphatic heterocycles. The third kappa shape index (κ3) is 2.40. The van der Waals surface area contributed by atoms with Crippen LogP contribution in [0.3, 0.4) is 0 Å². The molecule has 0 atom stereocenters. The lowest BCUT2D eigenvalue weighted by Gasteiger charge is -2.05. The number of amides is 1. The average Bonchev–Trinajstić information content (AvgIpc) is 2.72. The summed E-state index contributed by atoms with van der Waals surface area (Å²) in [7, 11) is 1.61. The van der Waals surface area contributed by atoms with Crippen molar-refractivity contribution in [3.8, 4) is 5.75 Å². The Hall–Kier alpha value is -2.27. The number of hydrogen-bond acceptors (Lipinski definition) is 3. The number of ether oxygens (including phenoxy) is 1. The Morgan fingerprint density at radius 3 is 2.90 bits per heavy atom. The average molecular weight is 274 g/mol. The third-order valence-corrected chi connectivity index (χ3v) is 3.43. The molecule has 0 fully saturated rings. The molecule has 0 radical (unpaired) electrons. The number of carbonyl (C=O) groups excluding carboxylic acids is 1. The Morgan fingerprint density at radius 1 is 1.55 bits per heavy atom. The summed E-state index contributed by atoms with van der Waals surface area (Å²) < 4.78 is 7.32. The highest BCUT2D eigenvalue weighted by molar-refractivity contribution is 5.91. The normalized spacial score (nSPS) is 10.6. The number of hydrogen-bond donors (Lipinski definition) is 2. The number of fused-ring (bicyclic) bond motifs is 1. The van der Waals surface area contributed by atoms with Crippen LogP contribution in [0, 0.1) is 6.92 Å². The number of benzene rings is 1. The van der Waals surface area contributed by atoms with Gasteiger partial charge in [-0.05, 0) is 30.7 Å². The van der Waals surface area contributed by atoms with Crippen LogP contribution in [0.5, 0.6) is 5.75 Å². The fraction of sp³-hybridized carbons (Fsp3) is 0.267. The zero-order valence-corrected chi connectivity index (χ0v) is 11.6. The largest absolute Gasteiger partial charge is 0.497 e. The zero-order valence-electron chi connectivity index (χ0n) is 11.6. The van der Waals surface area contributed by atoms with E-state index in [0.717, 1.165) is 27.9 Å². The van der Waals surface area contributed by atoms with Gasteiger partial charge in [0.05, 0.1) is 13.5 Å². The molecule has 5 heteroatoms. The highest BCUT2D eigenvalue weighted by Crippen LogP contribution is 2.29. The van der Waals surface area contributed by atoms with E-state index in [1.54, 1.807) is 12.6 Å². The first-order valence-electron chi connectivity index (χ1n) is 6.32. The minimum absolute atomic E-state index is 0.121. The number of methoxy groups -OCH3 is 1. The summed E-state index contributed by atoms with van der Waals surface area (Å²) in [6.07, 6.45) is 1.93. The Kier molecular flexibility index (Phi) is 4.10. The van der Waals surface area contributed by atoms with Gasteiger partial charge in [0.2, 0.25) is 5.91 Å². The van der Waals surface area contributed by atoms with E-state index in [1.807, 2.05) is 31.2 Å². The molecule has 0 unspecified atom stereocenters. The van der Waals surface area contributed by atoms with Crippen LogP contribution < -0.4 is 10.2 Å². The number of hydroxylamine groups is 1. The summed E-state index contributed by atoms with van der Waals surface area (Å²) in [4.78, 5) is 11.5. The molecule has 0 bridgehead atoms. The molecule has 2 aromatic rings. The van der Waals surface area contributed by atoms with E-state index >= 15 is 0 Å². The number of rotatable bonds is 5. The number of nitrogens with one attached hydrogen (secondary N) is 1. The minimum atomic E-state index is -0.437. The summed E-state index contributed by atoms with van der Waals surface area (Å²) >= 11 is 0. The minimum Gasteiger partial charge on any atom is -0.497 e. The van der Waals surface area contributed by atoms with Gasteiger partial charge in [-0.15, -0.1) is 6.58 Å². The molecule has 20 heavy (non-hydrogen) atoms. The summed E-state index contributed by atoms with van der Waals surface area (Å²) in [6, 6.07) is 5.75. The van der Waals surface area contributed by atoms with E-state index < -0.39 is 5.91 Å². The molecule has 0 saturated heterocycles. The van der Waals surface area contributed by atoms with Crippen LogP contribution in [0.1, 0.15) is 11.3 Å². The van der Waals surface area contributed by atoms with Crippen molar-refractivity contribution < 1.29 is 14.7 Å². The van der Waals surface area contributed by atoms with Gasteiger partial charge in [0.25, 0.3) is 0 Å². The molecular weight excluding hydrogens is 256 g/mol. The Bertz CT molecular complexity index is 659. The van der Waals surface area contributed by atoms with Crippen LogP contribution in [0.15, 0.2) is 30.9 Å². The molecule has 1 amide bonds. The first-order valence-corrected chi connectivity index (χ1v) is 6.32. The summed E-state index contributed by atoms with van der Waals surface area (Å²) in [5, 5.41) is 9.67. The van der Waals surface area contributed by atoms with Crippen molar-refractivity contribution in [3.05, 3.63) is 42.1 Å². The fourth-order valence-corrected chi connectivity index (χ4v) is 2.45. The van der Waals surface area contributed by atoms with Gasteiger partial charge in [-0.3, -0.25) is 10.0 Å². The standard InChI is InChI=1S/C15H18N2O3/c1-4-7-17-10(2)12(9-15(18)16-19)13-8-11(20-3)5-6-14(13)17/h4-6,8,19H,1,7,9H2,2-3H3,(H,16,18). The first kappa shape index (κ1) is 14.1. The number of allylic oxidation sites excluding steroid dienone is 1. The highest BCUT2D eigenvalue weighted by Gasteiger charge is 2.16. The van der Waals surface area contributed by atoms with Crippen LogP contribution in [0.25, 0.3) is 10.9 Å². The van der Waals surface area contributed by atoms with Crippen molar-refractivity contribution in [1.29, 1.82) is 0 Å². The second-order valence-corrected chi connectivity index (χ2v) is 4.56. The van der Waals surface area contributed by atoms with Crippen molar-refractivity contribution in [3.63, 3.8) is 0 Å². The maximum Gasteiger partial charge on any atom is 0.247 e. The lowest BCUT2D eigenvalue weighted by atomic mass is 10.1. The van der Waals surface area contributed by atoms with E-state index in [-0.39, 0.29) is 6.42 Å². The Labute approximate surface area is 117 Å². The molecule has 1 heterocycles. The van der Waals surface area contributed by atoms with Gasteiger partial charge in [0.15, 0.2) is 0 Å². The number of carbonyl (C=O) groups is 1. The van der Waals surface area contributed by atoms with Gasteiger partial charge in [-0.25, -0.2) is 5.48 Å². The molecule has 106 valence electrons. The van der Waals surface area contributed by atoms with E-state index in [4.69, 9.17) is 9.94 Å². The zero-order chi connectivity index (χ0) is 14.7. The van der Waals surface area contributed by atoms with Crippen molar-refractivity contribution in [1.82, 2.24) is 10.0 Å². The van der Waals surface area contributed by atoms with Crippen molar-refractivity contribution in [2.24, 2.45) is 0 Å². The second kappa shape index (κ2) is 5.79. The summed E-state index contributed by atoms with van der Waals surface area (Å²) in [5.41, 5.74) is 4.56. The Balaban J connectivity index is 2.65. The van der Waals surface area contributed by atoms with Crippen molar-refractivity contribution in [2.45, 2.75) is 19.9 Å². The molecular formula is C15H18N2O3. The van der Waals surface area contributed by atoms with E-state index in [9.17, 15) is 4.79 Å². The van der Waals surface area contributed by atoms with E-state index in [0.29, 0.717) is 6.54 Å². The number of nitrogens with zero attached hydrogens (tertiary/aromatic N) is 1. The summed E-state index contributed by atoms with van der Waals surface area (Å²) in [5.74, 6) is 0.299. The van der Waals surface area contributed by atoms with Crippen LogP contribution >= 0.6 is 0 Å². The topological polar surface area (TPSA) is 63.5 Å². The van der Waals surface area contributed by atoms with Gasteiger partial charge in [-0.1, -0.05) is 6.08 Å². The molecule has 0 saturated carbocycles. The lowest BCUT2D eigenvalue weighted by Crippen LogP contribution is -2.21. The predicted octanol–water partition coefficient (Wildman–Crippen LogP) is 2.19. The van der Waals surface area contributed by atoms with Gasteiger partial charge in [0, 0.05) is 23.1 Å². The van der Waals surface area contributed by atoms with Crippen LogP contribution in [0.4, 0.5) is 0 Å². The van der Waals surface area contributed by atoms with Crippen molar-refractivity contribution >= 4 is 16.8 Å². The smallest absolute Gasteiger partial charge is 0.247 e. The van der Waals surface area contributed by atoms with Gasteiger partial charge in [-0.2, -0.15) is 0 Å². The van der Waals surface area contributed by atoms with Crippen LogP contribution in [0.2, 0.25) is 0 Å². The molecule has 2 N–H and O–H groups in total. The monoisotopic (exact) mass is 274 g/mol. The SMILES string of the molecule is C=CCn1c(C)c(CC(=O)NO)c2cc(OC)ccc21. The molecule has 0 aliphatic carbocycles. The molecule has 0 aliphatic rings. The maximum atomic E-state index is 11.5. The highest BCUT2D eigenvalue weighted by atomic mass is 16.5. The predicted molar refractivity (Wildman–Crippen MR) is 77.1 cm³/mol. The quantitative estimate of drug-likeness (QED) is 0.499. The van der Waals surface area contributed by atoms with Crippen molar-refractivity contribution in [2.75, 3.05) is 7.11 Å². The van der Waals surface area contributed by atoms with Gasteiger partial charge < -0.3 is 9.30 Å². The van der Waals surface area contributed by atoms with Gasteiger partial charge in [0.1, 0.15) is 5.75 Å². The van der Waals surface area contributed by atoms with E-state index in [1.165, 1.54) is 0 Å². The molecule has 2 rings (SSSR count). The first-order chi connectivity index (χ1) is 9.62. The number of aromatic nitrogens is 1. The third-order valence-electron chi connectivity index (χ3n) is 3.43. The molecule has 1 aromatic heterocycles. The van der Waals surface area contributed by atoms with Gasteiger partial charge >= 0.3 is 0 Å². The lowest BCUT2D eigenvalue weighted by molar-refractivity contribution is -0.128.